The monoisotopic (exact) mass is 276 g/mol. The van der Waals surface area contributed by atoms with Crippen LogP contribution in [0.3, 0.4) is 0 Å². The molecule has 0 aliphatic heterocycles. The Morgan fingerprint density at radius 3 is 2.65 bits per heavy atom. The molecule has 112 valence electrons. The summed E-state index contributed by atoms with van der Waals surface area (Å²) in [5, 5.41) is 10.3. The first-order valence-electron chi connectivity index (χ1n) is 8.68. The topological polar surface area (TPSA) is 37.3 Å². The summed E-state index contributed by atoms with van der Waals surface area (Å²) >= 11 is 0. The lowest BCUT2D eigenvalue weighted by Crippen LogP contribution is -2.59. The largest absolute Gasteiger partial charge is 0.392 e. The predicted molar refractivity (Wildman–Crippen MR) is 78.1 cm³/mol. The van der Waals surface area contributed by atoms with Gasteiger partial charge in [-0.2, -0.15) is 0 Å². The Balaban J connectivity index is 1.72. The van der Waals surface area contributed by atoms with Gasteiger partial charge in [0.05, 0.1) is 6.10 Å². The van der Waals surface area contributed by atoms with Gasteiger partial charge in [0.2, 0.25) is 0 Å². The quantitative estimate of drug-likeness (QED) is 0.734. The molecule has 0 radical (unpaired) electrons. The van der Waals surface area contributed by atoms with Gasteiger partial charge in [-0.05, 0) is 68.1 Å². The molecule has 1 N–H and O–H groups in total. The van der Waals surface area contributed by atoms with Gasteiger partial charge in [0, 0.05) is 11.3 Å². The van der Waals surface area contributed by atoms with Crippen LogP contribution in [0.2, 0.25) is 0 Å². The standard InChI is InChI=1S/C18H28O2/c1-17-7-3-4-13(17)11-10-12-15(19)6-9-18(2,16(12)20)14(11)5-8-17/h11-15,19H,3-10H2,1-2H3/t11-,12+,13-,14+,15+,17+,18-/m0/s1. The molecule has 4 aliphatic carbocycles. The molecule has 4 rings (SSSR count). The van der Waals surface area contributed by atoms with Gasteiger partial charge in [0.25, 0.3) is 0 Å². The third kappa shape index (κ3) is 1.52. The van der Waals surface area contributed by atoms with E-state index in [9.17, 15) is 9.90 Å². The Labute approximate surface area is 122 Å². The van der Waals surface area contributed by atoms with Crippen molar-refractivity contribution in [2.45, 2.75) is 71.3 Å². The van der Waals surface area contributed by atoms with Crippen LogP contribution in [0.25, 0.3) is 0 Å². The van der Waals surface area contributed by atoms with Crippen molar-refractivity contribution in [1.29, 1.82) is 0 Å². The molecule has 0 heterocycles. The van der Waals surface area contributed by atoms with Crippen LogP contribution in [0.1, 0.15) is 65.2 Å². The van der Waals surface area contributed by atoms with E-state index in [1.54, 1.807) is 0 Å². The molecule has 0 saturated heterocycles. The van der Waals surface area contributed by atoms with Gasteiger partial charge in [-0.15, -0.1) is 0 Å². The average molecular weight is 276 g/mol. The minimum absolute atomic E-state index is 0.0436. The second-order valence-corrected chi connectivity index (χ2v) is 8.69. The fourth-order valence-corrected chi connectivity index (χ4v) is 6.70. The van der Waals surface area contributed by atoms with Crippen molar-refractivity contribution in [2.24, 2.45) is 34.5 Å². The normalized spacial score (nSPS) is 58.1. The maximum Gasteiger partial charge on any atom is 0.144 e. The zero-order valence-electron chi connectivity index (χ0n) is 12.9. The van der Waals surface area contributed by atoms with Crippen LogP contribution in [0.15, 0.2) is 0 Å². The van der Waals surface area contributed by atoms with Crippen LogP contribution < -0.4 is 0 Å². The van der Waals surface area contributed by atoms with Crippen LogP contribution in [0, 0.1) is 34.5 Å². The Morgan fingerprint density at radius 2 is 1.85 bits per heavy atom. The molecule has 2 heteroatoms. The molecule has 0 spiro atoms. The van der Waals surface area contributed by atoms with Gasteiger partial charge in [-0.3, -0.25) is 4.79 Å². The minimum atomic E-state index is -0.355. The predicted octanol–water partition coefficient (Wildman–Crippen LogP) is 3.57. The average Bonchev–Trinajstić information content (AvgIpc) is 2.80. The first-order valence-corrected chi connectivity index (χ1v) is 8.68. The van der Waals surface area contributed by atoms with E-state index in [-0.39, 0.29) is 17.4 Å². The Hall–Kier alpha value is -0.370. The van der Waals surface area contributed by atoms with Gasteiger partial charge in [-0.1, -0.05) is 20.3 Å². The zero-order chi connectivity index (χ0) is 14.1. The molecule has 0 unspecified atom stereocenters. The molecule has 0 amide bonds. The van der Waals surface area contributed by atoms with Gasteiger partial charge in [0.15, 0.2) is 0 Å². The van der Waals surface area contributed by atoms with E-state index in [0.29, 0.717) is 23.0 Å². The highest BCUT2D eigenvalue weighted by atomic mass is 16.3. The second kappa shape index (κ2) is 4.09. The number of rotatable bonds is 0. The van der Waals surface area contributed by atoms with E-state index in [2.05, 4.69) is 13.8 Å². The van der Waals surface area contributed by atoms with Crippen LogP contribution >= 0.6 is 0 Å². The fraction of sp³-hybridized carbons (Fsp3) is 0.944. The van der Waals surface area contributed by atoms with Crippen molar-refractivity contribution >= 4 is 5.78 Å². The van der Waals surface area contributed by atoms with Gasteiger partial charge in [-0.25, -0.2) is 0 Å². The maximum atomic E-state index is 12.8. The maximum absolute atomic E-state index is 12.8. The van der Waals surface area contributed by atoms with E-state index in [1.165, 1.54) is 32.1 Å². The number of carbonyl (C=O) groups excluding carboxylic acids is 1. The molecule has 0 aromatic rings. The number of aliphatic hydroxyl groups excluding tert-OH is 1. The second-order valence-electron chi connectivity index (χ2n) is 8.69. The van der Waals surface area contributed by atoms with Crippen molar-refractivity contribution in [3.8, 4) is 0 Å². The third-order valence-corrected chi connectivity index (χ3v) is 7.89. The Kier molecular flexibility index (Phi) is 2.72. The summed E-state index contributed by atoms with van der Waals surface area (Å²) in [7, 11) is 0. The van der Waals surface area contributed by atoms with Crippen LogP contribution in [0.4, 0.5) is 0 Å². The molecule has 2 nitrogen and oxygen atoms in total. The number of ketones is 1. The lowest BCUT2D eigenvalue weighted by atomic mass is 9.45. The molecular formula is C18H28O2. The number of aliphatic hydroxyl groups is 1. The molecule has 0 aromatic heterocycles. The van der Waals surface area contributed by atoms with Crippen molar-refractivity contribution in [3.63, 3.8) is 0 Å². The van der Waals surface area contributed by atoms with E-state index in [0.717, 1.165) is 25.2 Å². The lowest BCUT2D eigenvalue weighted by Gasteiger charge is -2.59. The summed E-state index contributed by atoms with van der Waals surface area (Å²) in [4.78, 5) is 12.8. The molecule has 4 saturated carbocycles. The lowest BCUT2D eigenvalue weighted by molar-refractivity contribution is -0.167. The summed E-state index contributed by atoms with van der Waals surface area (Å²) in [6.45, 7) is 4.72. The number of Topliss-reactive ketones (excluding diaryl/α,β-unsaturated/α-hetero) is 1. The minimum Gasteiger partial charge on any atom is -0.392 e. The Bertz CT molecular complexity index is 445. The van der Waals surface area contributed by atoms with E-state index >= 15 is 0 Å². The summed E-state index contributed by atoms with van der Waals surface area (Å²) in [5.41, 5.74) is 0.425. The van der Waals surface area contributed by atoms with Gasteiger partial charge >= 0.3 is 0 Å². The highest BCUT2D eigenvalue weighted by Crippen LogP contribution is 2.64. The summed E-state index contributed by atoms with van der Waals surface area (Å²) < 4.78 is 0. The van der Waals surface area contributed by atoms with Crippen molar-refractivity contribution in [3.05, 3.63) is 0 Å². The molecule has 20 heavy (non-hydrogen) atoms. The van der Waals surface area contributed by atoms with Crippen LogP contribution in [-0.4, -0.2) is 17.0 Å². The smallest absolute Gasteiger partial charge is 0.144 e. The van der Waals surface area contributed by atoms with Crippen LogP contribution in [-0.2, 0) is 4.79 Å². The van der Waals surface area contributed by atoms with E-state index in [4.69, 9.17) is 0 Å². The fourth-order valence-electron chi connectivity index (χ4n) is 6.70. The third-order valence-electron chi connectivity index (χ3n) is 7.89. The summed E-state index contributed by atoms with van der Waals surface area (Å²) in [6.07, 6.45) is 9.11. The summed E-state index contributed by atoms with van der Waals surface area (Å²) in [5.74, 6) is 2.49. The number of carbonyl (C=O) groups is 1. The molecule has 7 atom stereocenters. The molecule has 2 bridgehead atoms. The SMILES string of the molecule is C[C@]12CCC[C@H]1[C@@H]1C[C@H]3C(=O)[C@@](C)(CC[C@H]3O)[C@@H]1CC2. The molecule has 0 aromatic carbocycles. The van der Waals surface area contributed by atoms with E-state index in [1.807, 2.05) is 0 Å². The molecule has 4 fully saturated rings. The number of fused-ring (bicyclic) bond motifs is 6. The highest BCUT2D eigenvalue weighted by molar-refractivity contribution is 5.89. The summed E-state index contributed by atoms with van der Waals surface area (Å²) in [6, 6.07) is 0. The number of hydrogen-bond donors (Lipinski definition) is 1. The van der Waals surface area contributed by atoms with E-state index < -0.39 is 0 Å². The highest BCUT2D eigenvalue weighted by Gasteiger charge is 2.61. The number of hydrogen-bond acceptors (Lipinski definition) is 2. The van der Waals surface area contributed by atoms with Crippen molar-refractivity contribution in [2.75, 3.05) is 0 Å². The Morgan fingerprint density at radius 1 is 1.05 bits per heavy atom. The van der Waals surface area contributed by atoms with Gasteiger partial charge in [0.1, 0.15) is 5.78 Å². The van der Waals surface area contributed by atoms with Gasteiger partial charge < -0.3 is 5.11 Å². The first kappa shape index (κ1) is 13.3. The van der Waals surface area contributed by atoms with Crippen molar-refractivity contribution < 1.29 is 9.90 Å². The van der Waals surface area contributed by atoms with Crippen molar-refractivity contribution in [1.82, 2.24) is 0 Å². The zero-order valence-corrected chi connectivity index (χ0v) is 12.9. The van der Waals surface area contributed by atoms with Crippen LogP contribution in [0.5, 0.6) is 0 Å². The first-order chi connectivity index (χ1) is 9.46. The molecular weight excluding hydrogens is 248 g/mol. The molecule has 4 aliphatic rings.